The molecule has 3 aromatic rings. The van der Waals surface area contributed by atoms with Gasteiger partial charge in [-0.15, -0.1) is 10.2 Å². The van der Waals surface area contributed by atoms with Crippen molar-refractivity contribution in [1.82, 2.24) is 20.0 Å². The Balaban J connectivity index is 1.76. The van der Waals surface area contributed by atoms with Gasteiger partial charge in [-0.25, -0.2) is 4.68 Å². The number of nitrogens with two attached hydrogens (primary N) is 1. The van der Waals surface area contributed by atoms with E-state index in [0.717, 1.165) is 21.5 Å². The van der Waals surface area contributed by atoms with Gasteiger partial charge in [0.15, 0.2) is 4.34 Å². The van der Waals surface area contributed by atoms with Gasteiger partial charge >= 0.3 is 0 Å². The van der Waals surface area contributed by atoms with Crippen molar-refractivity contribution in [2.75, 3.05) is 12.8 Å². The standard InChI is InChI=1S/C13H13N5O2S2/c1-20-10-4-2-9(3-5-10)18-11(19)6-8(17-18)7-21-13-16-15-12(14)22-13/h2-6,17H,7H2,1H3,(H2,14,15). The molecule has 2 aromatic heterocycles. The summed E-state index contributed by atoms with van der Waals surface area (Å²) in [5.41, 5.74) is 6.98. The fraction of sp³-hybridized carbons (Fsp3) is 0.154. The second kappa shape index (κ2) is 6.24. The number of aromatic nitrogens is 4. The zero-order chi connectivity index (χ0) is 15.5. The molecule has 0 aliphatic rings. The lowest BCUT2D eigenvalue weighted by Crippen LogP contribution is -2.13. The van der Waals surface area contributed by atoms with Crippen molar-refractivity contribution in [2.24, 2.45) is 0 Å². The smallest absolute Gasteiger partial charge is 0.271 e. The van der Waals surface area contributed by atoms with E-state index in [-0.39, 0.29) is 5.56 Å². The van der Waals surface area contributed by atoms with Crippen LogP contribution in [0, 0.1) is 0 Å². The van der Waals surface area contributed by atoms with Gasteiger partial charge in [-0.1, -0.05) is 23.1 Å². The second-order valence-corrected chi connectivity index (χ2v) is 6.58. The molecule has 0 radical (unpaired) electrons. The summed E-state index contributed by atoms with van der Waals surface area (Å²) in [6.07, 6.45) is 0. The SMILES string of the molecule is COc1ccc(-n2[nH]c(CSc3nnc(N)s3)cc2=O)cc1. The highest BCUT2D eigenvalue weighted by Gasteiger charge is 2.08. The van der Waals surface area contributed by atoms with Gasteiger partial charge in [0.25, 0.3) is 5.56 Å². The van der Waals surface area contributed by atoms with E-state index in [4.69, 9.17) is 10.5 Å². The molecule has 9 heteroatoms. The number of nitrogens with one attached hydrogen (secondary N) is 1. The number of thioether (sulfide) groups is 1. The van der Waals surface area contributed by atoms with Crippen molar-refractivity contribution in [1.29, 1.82) is 0 Å². The van der Waals surface area contributed by atoms with Crippen LogP contribution < -0.4 is 16.0 Å². The van der Waals surface area contributed by atoms with E-state index in [1.165, 1.54) is 27.8 Å². The summed E-state index contributed by atoms with van der Waals surface area (Å²) in [7, 11) is 1.60. The van der Waals surface area contributed by atoms with Gasteiger partial charge in [0, 0.05) is 17.5 Å². The molecule has 0 aliphatic carbocycles. The highest BCUT2D eigenvalue weighted by Crippen LogP contribution is 2.26. The van der Waals surface area contributed by atoms with Crippen molar-refractivity contribution in [3.05, 3.63) is 46.4 Å². The van der Waals surface area contributed by atoms with Crippen LogP contribution in [-0.4, -0.2) is 27.1 Å². The van der Waals surface area contributed by atoms with E-state index in [2.05, 4.69) is 15.3 Å². The van der Waals surface area contributed by atoms with Gasteiger partial charge in [0.05, 0.1) is 12.8 Å². The quantitative estimate of drug-likeness (QED) is 0.691. The van der Waals surface area contributed by atoms with Gasteiger partial charge in [0.1, 0.15) is 5.75 Å². The van der Waals surface area contributed by atoms with E-state index in [0.29, 0.717) is 10.9 Å². The molecule has 0 amide bonds. The van der Waals surface area contributed by atoms with Crippen LogP contribution in [0.25, 0.3) is 5.69 Å². The Kier molecular flexibility index (Phi) is 4.16. The van der Waals surface area contributed by atoms with Crippen molar-refractivity contribution in [3.8, 4) is 11.4 Å². The van der Waals surface area contributed by atoms with Crippen LogP contribution >= 0.6 is 23.1 Å². The maximum atomic E-state index is 12.1. The Morgan fingerprint density at radius 2 is 2.14 bits per heavy atom. The third-order valence-corrected chi connectivity index (χ3v) is 4.81. The molecule has 0 atom stereocenters. The molecular formula is C13H13N5O2S2. The van der Waals surface area contributed by atoms with Gasteiger partial charge < -0.3 is 10.5 Å². The molecule has 2 heterocycles. The maximum Gasteiger partial charge on any atom is 0.271 e. The van der Waals surface area contributed by atoms with Crippen LogP contribution in [0.4, 0.5) is 5.13 Å². The summed E-state index contributed by atoms with van der Waals surface area (Å²) in [6.45, 7) is 0. The van der Waals surface area contributed by atoms with Gasteiger partial charge in [-0.2, -0.15) is 0 Å². The van der Waals surface area contributed by atoms with E-state index < -0.39 is 0 Å². The molecule has 7 nitrogen and oxygen atoms in total. The summed E-state index contributed by atoms with van der Waals surface area (Å²) in [5.74, 6) is 1.33. The molecular weight excluding hydrogens is 322 g/mol. The number of nitrogens with zero attached hydrogens (tertiary/aromatic N) is 3. The predicted molar refractivity (Wildman–Crippen MR) is 86.8 cm³/mol. The first-order chi connectivity index (χ1) is 10.7. The van der Waals surface area contributed by atoms with E-state index in [1.807, 2.05) is 12.1 Å². The van der Waals surface area contributed by atoms with Gasteiger partial charge in [-0.3, -0.25) is 9.89 Å². The zero-order valence-corrected chi connectivity index (χ0v) is 13.3. The predicted octanol–water partition coefficient (Wildman–Crippen LogP) is 1.90. The Bertz CT molecular complexity index is 822. The van der Waals surface area contributed by atoms with Crippen LogP contribution in [-0.2, 0) is 5.75 Å². The number of nitrogen functional groups attached to an aromatic ring is 1. The minimum Gasteiger partial charge on any atom is -0.497 e. The maximum absolute atomic E-state index is 12.1. The average Bonchev–Trinajstić information content (AvgIpc) is 3.11. The molecule has 22 heavy (non-hydrogen) atoms. The molecule has 0 unspecified atom stereocenters. The summed E-state index contributed by atoms with van der Waals surface area (Å²) in [6, 6.07) is 8.82. The molecule has 0 saturated carbocycles. The van der Waals surface area contributed by atoms with Crippen molar-refractivity contribution in [2.45, 2.75) is 10.1 Å². The monoisotopic (exact) mass is 335 g/mol. The highest BCUT2D eigenvalue weighted by molar-refractivity contribution is 8.00. The first-order valence-electron chi connectivity index (χ1n) is 6.33. The Hall–Kier alpha value is -2.26. The number of hydrogen-bond acceptors (Lipinski definition) is 7. The summed E-state index contributed by atoms with van der Waals surface area (Å²) in [4.78, 5) is 12.1. The molecule has 0 saturated heterocycles. The summed E-state index contributed by atoms with van der Waals surface area (Å²) >= 11 is 2.80. The normalized spacial score (nSPS) is 10.8. The number of anilines is 1. The lowest BCUT2D eigenvalue weighted by Gasteiger charge is -2.03. The van der Waals surface area contributed by atoms with Crippen molar-refractivity contribution < 1.29 is 4.74 Å². The minimum atomic E-state index is -0.113. The number of hydrogen-bond donors (Lipinski definition) is 2. The first-order valence-corrected chi connectivity index (χ1v) is 8.13. The molecule has 0 fully saturated rings. The Morgan fingerprint density at radius 1 is 1.36 bits per heavy atom. The Labute approximate surface area is 134 Å². The number of benzene rings is 1. The van der Waals surface area contributed by atoms with Crippen LogP contribution in [0.3, 0.4) is 0 Å². The molecule has 3 N–H and O–H groups in total. The average molecular weight is 335 g/mol. The van der Waals surface area contributed by atoms with Crippen molar-refractivity contribution in [3.63, 3.8) is 0 Å². The third-order valence-electron chi connectivity index (χ3n) is 2.88. The third kappa shape index (κ3) is 3.15. The topological polar surface area (TPSA) is 98.8 Å². The van der Waals surface area contributed by atoms with Gasteiger partial charge in [0.2, 0.25) is 5.13 Å². The second-order valence-electron chi connectivity index (χ2n) is 4.35. The number of methoxy groups -OCH3 is 1. The van der Waals surface area contributed by atoms with E-state index in [1.54, 1.807) is 25.3 Å². The Morgan fingerprint density at radius 3 is 2.77 bits per heavy atom. The first kappa shape index (κ1) is 14.7. The molecule has 114 valence electrons. The number of ether oxygens (including phenoxy) is 1. The zero-order valence-electron chi connectivity index (χ0n) is 11.6. The number of rotatable bonds is 5. The molecule has 0 spiro atoms. The molecule has 0 aliphatic heterocycles. The lowest BCUT2D eigenvalue weighted by atomic mass is 10.3. The summed E-state index contributed by atoms with van der Waals surface area (Å²) < 4.78 is 7.37. The molecule has 3 rings (SSSR count). The van der Waals surface area contributed by atoms with E-state index in [9.17, 15) is 4.79 Å². The minimum absolute atomic E-state index is 0.113. The van der Waals surface area contributed by atoms with Crippen LogP contribution in [0.2, 0.25) is 0 Å². The fourth-order valence-electron chi connectivity index (χ4n) is 1.86. The van der Waals surface area contributed by atoms with E-state index >= 15 is 0 Å². The highest BCUT2D eigenvalue weighted by atomic mass is 32.2. The summed E-state index contributed by atoms with van der Waals surface area (Å²) in [5, 5.41) is 11.2. The van der Waals surface area contributed by atoms with Gasteiger partial charge in [-0.05, 0) is 24.3 Å². The molecule has 1 aromatic carbocycles. The van der Waals surface area contributed by atoms with Crippen LogP contribution in [0.1, 0.15) is 5.69 Å². The number of H-pyrrole nitrogens is 1. The van der Waals surface area contributed by atoms with Crippen LogP contribution in [0.5, 0.6) is 5.75 Å². The fourth-order valence-corrected chi connectivity index (χ4v) is 3.40. The number of aromatic amines is 1. The lowest BCUT2D eigenvalue weighted by molar-refractivity contribution is 0.414. The van der Waals surface area contributed by atoms with Crippen LogP contribution in [0.15, 0.2) is 39.5 Å². The van der Waals surface area contributed by atoms with Crippen molar-refractivity contribution >= 4 is 28.2 Å². The largest absolute Gasteiger partial charge is 0.497 e. The molecule has 0 bridgehead atoms.